The van der Waals surface area contributed by atoms with Gasteiger partial charge in [-0.05, 0) is 24.0 Å². The van der Waals surface area contributed by atoms with E-state index in [4.69, 9.17) is 9.47 Å². The van der Waals surface area contributed by atoms with Crippen LogP contribution in [0.25, 0.3) is 0 Å². The van der Waals surface area contributed by atoms with Crippen molar-refractivity contribution in [3.05, 3.63) is 29.3 Å². The minimum Gasteiger partial charge on any atom is -0.492 e. The standard InChI is InChI=1S/C14H17NO3/c1-17-14(16)12-7-11(12)9-2-3-13-10(6-9)8-15-4-5-18-13/h2-3,6,11-12,15H,4-5,7-8H2,1H3/t11-,12+/m0/s1. The van der Waals surface area contributed by atoms with Crippen molar-refractivity contribution in [2.75, 3.05) is 20.3 Å². The number of esters is 1. The summed E-state index contributed by atoms with van der Waals surface area (Å²) in [6.45, 7) is 2.41. The summed E-state index contributed by atoms with van der Waals surface area (Å²) >= 11 is 0. The van der Waals surface area contributed by atoms with Crippen molar-refractivity contribution in [3.63, 3.8) is 0 Å². The van der Waals surface area contributed by atoms with Gasteiger partial charge < -0.3 is 14.8 Å². The maximum absolute atomic E-state index is 11.4. The molecule has 0 unspecified atom stereocenters. The molecule has 18 heavy (non-hydrogen) atoms. The Morgan fingerprint density at radius 1 is 1.50 bits per heavy atom. The van der Waals surface area contributed by atoms with Crippen molar-refractivity contribution in [1.82, 2.24) is 5.32 Å². The first-order valence-electron chi connectivity index (χ1n) is 6.34. The highest BCUT2D eigenvalue weighted by Gasteiger charge is 2.45. The molecule has 3 rings (SSSR count). The van der Waals surface area contributed by atoms with Crippen LogP contribution in [0.3, 0.4) is 0 Å². The van der Waals surface area contributed by atoms with Gasteiger partial charge in [-0.3, -0.25) is 4.79 Å². The van der Waals surface area contributed by atoms with E-state index in [1.54, 1.807) is 0 Å². The Balaban J connectivity index is 1.79. The lowest BCUT2D eigenvalue weighted by Crippen LogP contribution is -2.16. The second kappa shape index (κ2) is 4.61. The quantitative estimate of drug-likeness (QED) is 0.803. The number of carbonyl (C=O) groups excluding carboxylic acids is 1. The zero-order chi connectivity index (χ0) is 12.5. The van der Waals surface area contributed by atoms with Crippen molar-refractivity contribution in [2.45, 2.75) is 18.9 Å². The summed E-state index contributed by atoms with van der Waals surface area (Å²) in [7, 11) is 1.45. The van der Waals surface area contributed by atoms with Crippen molar-refractivity contribution in [1.29, 1.82) is 0 Å². The SMILES string of the molecule is COC(=O)[C@@H]1C[C@H]1c1ccc2c(c1)CNCCO2. The number of hydrogen-bond acceptors (Lipinski definition) is 4. The Morgan fingerprint density at radius 3 is 3.22 bits per heavy atom. The number of benzene rings is 1. The van der Waals surface area contributed by atoms with E-state index in [9.17, 15) is 4.79 Å². The number of nitrogens with one attached hydrogen (secondary N) is 1. The molecular formula is C14H17NO3. The third kappa shape index (κ3) is 2.08. The van der Waals surface area contributed by atoms with Gasteiger partial charge in [0.1, 0.15) is 12.4 Å². The predicted octanol–water partition coefficient (Wildman–Crippen LogP) is 1.45. The van der Waals surface area contributed by atoms with E-state index >= 15 is 0 Å². The highest BCUT2D eigenvalue weighted by molar-refractivity contribution is 5.77. The molecular weight excluding hydrogens is 230 g/mol. The Hall–Kier alpha value is -1.55. The molecule has 2 atom stereocenters. The topological polar surface area (TPSA) is 47.6 Å². The van der Waals surface area contributed by atoms with Crippen LogP contribution >= 0.6 is 0 Å². The molecule has 1 aliphatic heterocycles. The van der Waals surface area contributed by atoms with Crippen LogP contribution in [0, 0.1) is 5.92 Å². The van der Waals surface area contributed by atoms with E-state index in [0.29, 0.717) is 12.5 Å². The first-order valence-corrected chi connectivity index (χ1v) is 6.34. The molecule has 1 saturated carbocycles. The van der Waals surface area contributed by atoms with Crippen LogP contribution in [0.15, 0.2) is 18.2 Å². The third-order valence-electron chi connectivity index (χ3n) is 3.66. The van der Waals surface area contributed by atoms with Crippen LogP contribution in [0.5, 0.6) is 5.75 Å². The van der Waals surface area contributed by atoms with Gasteiger partial charge in [-0.2, -0.15) is 0 Å². The highest BCUT2D eigenvalue weighted by atomic mass is 16.5. The summed E-state index contributed by atoms with van der Waals surface area (Å²) in [6.07, 6.45) is 0.903. The zero-order valence-electron chi connectivity index (χ0n) is 10.4. The molecule has 0 spiro atoms. The zero-order valence-corrected chi connectivity index (χ0v) is 10.4. The Kier molecular flexibility index (Phi) is 2.96. The van der Waals surface area contributed by atoms with Crippen molar-refractivity contribution < 1.29 is 14.3 Å². The third-order valence-corrected chi connectivity index (χ3v) is 3.66. The van der Waals surface area contributed by atoms with Crippen molar-refractivity contribution in [2.24, 2.45) is 5.92 Å². The van der Waals surface area contributed by atoms with Crippen molar-refractivity contribution in [3.8, 4) is 5.75 Å². The van der Waals surface area contributed by atoms with Gasteiger partial charge in [0.15, 0.2) is 0 Å². The Labute approximate surface area is 106 Å². The highest BCUT2D eigenvalue weighted by Crippen LogP contribution is 2.48. The summed E-state index contributed by atoms with van der Waals surface area (Å²) in [5, 5.41) is 3.32. The Morgan fingerprint density at radius 2 is 2.39 bits per heavy atom. The molecule has 1 aromatic rings. The average Bonchev–Trinajstić information content (AvgIpc) is 3.20. The number of ether oxygens (including phenoxy) is 2. The van der Waals surface area contributed by atoms with Gasteiger partial charge in [-0.15, -0.1) is 0 Å². The van der Waals surface area contributed by atoms with Gasteiger partial charge in [0, 0.05) is 18.7 Å². The monoisotopic (exact) mass is 247 g/mol. The van der Waals surface area contributed by atoms with E-state index in [1.165, 1.54) is 18.2 Å². The van der Waals surface area contributed by atoms with E-state index in [-0.39, 0.29) is 11.9 Å². The summed E-state index contributed by atoms with van der Waals surface area (Å²) in [5.41, 5.74) is 2.40. The first-order chi connectivity index (χ1) is 8.79. The largest absolute Gasteiger partial charge is 0.492 e. The molecule has 4 nitrogen and oxygen atoms in total. The van der Waals surface area contributed by atoms with Gasteiger partial charge >= 0.3 is 5.97 Å². The summed E-state index contributed by atoms with van der Waals surface area (Å²) < 4.78 is 10.4. The van der Waals surface area contributed by atoms with Gasteiger partial charge in [0.25, 0.3) is 0 Å². The number of hydrogen-bond donors (Lipinski definition) is 1. The molecule has 1 fully saturated rings. The molecule has 4 heteroatoms. The van der Waals surface area contributed by atoms with Crippen molar-refractivity contribution >= 4 is 5.97 Å². The molecule has 1 aromatic carbocycles. The van der Waals surface area contributed by atoms with Gasteiger partial charge in [0.05, 0.1) is 13.0 Å². The lowest BCUT2D eigenvalue weighted by molar-refractivity contribution is -0.142. The lowest BCUT2D eigenvalue weighted by Gasteiger charge is -2.08. The van der Waals surface area contributed by atoms with Crippen LogP contribution < -0.4 is 10.1 Å². The maximum atomic E-state index is 11.4. The van der Waals surface area contributed by atoms with Crippen LogP contribution in [-0.4, -0.2) is 26.2 Å². The molecule has 1 heterocycles. The lowest BCUT2D eigenvalue weighted by atomic mass is 10.0. The molecule has 0 aromatic heterocycles. The minimum absolute atomic E-state index is 0.0488. The molecule has 2 aliphatic rings. The van der Waals surface area contributed by atoms with Gasteiger partial charge in [-0.25, -0.2) is 0 Å². The summed E-state index contributed by atoms with van der Waals surface area (Å²) in [6, 6.07) is 6.24. The summed E-state index contributed by atoms with van der Waals surface area (Å²) in [5.74, 6) is 1.24. The van der Waals surface area contributed by atoms with E-state index in [2.05, 4.69) is 17.4 Å². The second-order valence-electron chi connectivity index (χ2n) is 4.86. The number of fused-ring (bicyclic) bond motifs is 1. The maximum Gasteiger partial charge on any atom is 0.309 e. The van der Waals surface area contributed by atoms with Crippen LogP contribution in [0.1, 0.15) is 23.5 Å². The van der Waals surface area contributed by atoms with Gasteiger partial charge in [-0.1, -0.05) is 12.1 Å². The fraction of sp³-hybridized carbons (Fsp3) is 0.500. The van der Waals surface area contributed by atoms with E-state index < -0.39 is 0 Å². The minimum atomic E-state index is -0.0932. The van der Waals surface area contributed by atoms with Gasteiger partial charge in [0.2, 0.25) is 0 Å². The molecule has 0 radical (unpaired) electrons. The van der Waals surface area contributed by atoms with Crippen LogP contribution in [-0.2, 0) is 16.1 Å². The van der Waals surface area contributed by atoms with E-state index in [0.717, 1.165) is 25.3 Å². The van der Waals surface area contributed by atoms with Crippen LogP contribution in [0.4, 0.5) is 0 Å². The number of carbonyl (C=O) groups is 1. The normalized spacial score (nSPS) is 25.6. The second-order valence-corrected chi connectivity index (χ2v) is 4.86. The molecule has 96 valence electrons. The molecule has 1 N–H and O–H groups in total. The molecule has 0 saturated heterocycles. The Bertz CT molecular complexity index is 472. The number of rotatable bonds is 2. The predicted molar refractivity (Wildman–Crippen MR) is 66.5 cm³/mol. The fourth-order valence-electron chi connectivity index (χ4n) is 2.54. The summed E-state index contributed by atoms with van der Waals surface area (Å²) in [4.78, 5) is 11.4. The molecule has 0 bridgehead atoms. The van der Waals surface area contributed by atoms with Crippen LogP contribution in [0.2, 0.25) is 0 Å². The first kappa shape index (κ1) is 11.5. The molecule has 0 amide bonds. The van der Waals surface area contributed by atoms with E-state index in [1.807, 2.05) is 6.07 Å². The fourth-order valence-corrected chi connectivity index (χ4v) is 2.54. The number of methoxy groups -OCH3 is 1. The smallest absolute Gasteiger partial charge is 0.309 e. The average molecular weight is 247 g/mol. The molecule has 1 aliphatic carbocycles.